The molecule has 318 valence electrons. The first-order valence-electron chi connectivity index (χ1n) is 20.2. The van der Waals surface area contributed by atoms with E-state index in [0.29, 0.717) is 19.4 Å². The van der Waals surface area contributed by atoms with Gasteiger partial charge in [0.05, 0.1) is 53.6 Å². The Morgan fingerprint density at radius 2 is 1.67 bits per heavy atom. The van der Waals surface area contributed by atoms with Crippen molar-refractivity contribution < 1.29 is 57.8 Å². The van der Waals surface area contributed by atoms with Crippen LogP contribution in [0.15, 0.2) is 0 Å². The fraction of sp³-hybridized carbons (Fsp3) is 0.925. The Morgan fingerprint density at radius 1 is 1.02 bits per heavy atom. The van der Waals surface area contributed by atoms with Crippen molar-refractivity contribution in [1.29, 1.82) is 0 Å². The summed E-state index contributed by atoms with van der Waals surface area (Å²) in [7, 11) is 5.29. The van der Waals surface area contributed by atoms with Gasteiger partial charge in [-0.25, -0.2) is 0 Å². The third kappa shape index (κ3) is 9.42. The van der Waals surface area contributed by atoms with Gasteiger partial charge < -0.3 is 59.3 Å². The molecule has 1 amide bonds. The molecule has 0 aliphatic carbocycles. The van der Waals surface area contributed by atoms with Crippen LogP contribution in [0.2, 0.25) is 0 Å². The second kappa shape index (κ2) is 18.0. The number of ether oxygens (including phenoxy) is 7. The number of rotatable bonds is 10. The Hall–Kier alpha value is -1.79. The highest BCUT2D eigenvalue weighted by atomic mass is 16.7. The van der Waals surface area contributed by atoms with Gasteiger partial charge in [-0.2, -0.15) is 0 Å². The number of amides is 1. The second-order valence-electron chi connectivity index (χ2n) is 17.6. The lowest BCUT2D eigenvalue weighted by molar-refractivity contribution is -0.313. The van der Waals surface area contributed by atoms with Crippen LogP contribution in [0.1, 0.15) is 94.9 Å². The molecule has 0 radical (unpaired) electrons. The molecule has 0 saturated carbocycles. The molecule has 4 rings (SSSR count). The molecule has 4 aliphatic rings. The van der Waals surface area contributed by atoms with E-state index in [-0.39, 0.29) is 49.1 Å². The number of carbonyl (C=O) groups is 3. The maximum Gasteiger partial charge on any atom is 0.311 e. The molecule has 55 heavy (non-hydrogen) atoms. The molecule has 4 aliphatic heterocycles. The average Bonchev–Trinajstić information content (AvgIpc) is 3.35. The number of nitrogens with one attached hydrogen (secondary N) is 1. The highest BCUT2D eigenvalue weighted by molar-refractivity contribution is 5.92. The molecule has 4 heterocycles. The standard InChI is InChI=1S/C40H71N3O12/c1-14-27-40(10)33(45)22(4)31(55-40)20(2)18-38(8,48)34(54-37-30(44)26(43(11)12)17-21(3)50-37)23(5)32(24(6)36(47)52-27)53-28-19-39(9,49-13)29(25(7)51-28)35(46)42-16-15-41/h20-32,34,37,44,48H,14-19,41H2,1-13H3,(H,42,46)/t20-,21-,22+,23+,24-,25+,26+,27-,28+,29?,30-,31+,32+,34-,37?,38-,39-,40?/m1/s1. The van der Waals surface area contributed by atoms with Crippen molar-refractivity contribution >= 4 is 17.7 Å². The van der Waals surface area contributed by atoms with Crippen LogP contribution < -0.4 is 11.1 Å². The second-order valence-corrected chi connectivity index (χ2v) is 17.6. The summed E-state index contributed by atoms with van der Waals surface area (Å²) in [4.78, 5) is 43.5. The van der Waals surface area contributed by atoms with E-state index in [1.807, 2.05) is 60.5 Å². The van der Waals surface area contributed by atoms with Crippen molar-refractivity contribution in [2.45, 2.75) is 173 Å². The summed E-state index contributed by atoms with van der Waals surface area (Å²) < 4.78 is 44.9. The predicted molar refractivity (Wildman–Crippen MR) is 202 cm³/mol. The third-order valence-corrected chi connectivity index (χ3v) is 12.9. The van der Waals surface area contributed by atoms with E-state index in [1.54, 1.807) is 27.7 Å². The number of carbonyl (C=O) groups excluding carboxylic acids is 3. The minimum absolute atomic E-state index is 0.128. The largest absolute Gasteiger partial charge is 0.459 e. The molecule has 4 saturated heterocycles. The number of aliphatic hydroxyl groups is 2. The van der Waals surface area contributed by atoms with Gasteiger partial charge in [0.2, 0.25) is 5.91 Å². The molecular weight excluding hydrogens is 714 g/mol. The zero-order valence-corrected chi connectivity index (χ0v) is 35.4. The summed E-state index contributed by atoms with van der Waals surface area (Å²) in [5.41, 5.74) is 1.60. The van der Waals surface area contributed by atoms with E-state index in [0.717, 1.165) is 0 Å². The summed E-state index contributed by atoms with van der Waals surface area (Å²) in [5, 5.41) is 27.1. The number of nitrogens with two attached hydrogens (primary N) is 1. The van der Waals surface area contributed by atoms with Gasteiger partial charge in [-0.15, -0.1) is 0 Å². The molecule has 0 aromatic rings. The predicted octanol–water partition coefficient (Wildman–Crippen LogP) is 2.16. The van der Waals surface area contributed by atoms with E-state index < -0.39 is 95.6 Å². The normalized spacial score (nSPS) is 47.4. The lowest BCUT2D eigenvalue weighted by atomic mass is 9.75. The Kier molecular flexibility index (Phi) is 15.0. The zero-order valence-electron chi connectivity index (χ0n) is 35.4. The van der Waals surface area contributed by atoms with Crippen LogP contribution in [0.25, 0.3) is 0 Å². The van der Waals surface area contributed by atoms with Crippen LogP contribution in [-0.2, 0) is 47.5 Å². The van der Waals surface area contributed by atoms with Crippen LogP contribution >= 0.6 is 0 Å². The lowest BCUT2D eigenvalue weighted by Gasteiger charge is -2.49. The number of methoxy groups -OCH3 is 1. The van der Waals surface area contributed by atoms with Gasteiger partial charge in [0, 0.05) is 44.5 Å². The topological polar surface area (TPSA) is 198 Å². The summed E-state index contributed by atoms with van der Waals surface area (Å²) >= 11 is 0. The van der Waals surface area contributed by atoms with E-state index >= 15 is 0 Å². The molecule has 4 fully saturated rings. The number of Topliss-reactive ketones (excluding diaryl/α,β-unsaturated/α-hetero) is 1. The molecule has 3 unspecified atom stereocenters. The highest BCUT2D eigenvalue weighted by Crippen LogP contribution is 2.45. The van der Waals surface area contributed by atoms with Crippen LogP contribution in [0, 0.1) is 29.6 Å². The van der Waals surface area contributed by atoms with Gasteiger partial charge in [0.25, 0.3) is 0 Å². The number of fused-ring (bicyclic) bond motifs is 2. The summed E-state index contributed by atoms with van der Waals surface area (Å²) in [6.07, 6.45) is -6.48. The van der Waals surface area contributed by atoms with Crippen molar-refractivity contribution in [3.05, 3.63) is 0 Å². The number of likely N-dealkylation sites (N-methyl/N-ethyl adjacent to an activating group) is 1. The Balaban J connectivity index is 1.80. The molecule has 5 N–H and O–H groups in total. The van der Waals surface area contributed by atoms with E-state index in [2.05, 4.69) is 5.32 Å². The summed E-state index contributed by atoms with van der Waals surface area (Å²) in [5.74, 6) is -4.36. The van der Waals surface area contributed by atoms with Gasteiger partial charge in [-0.05, 0) is 80.8 Å². The Morgan fingerprint density at radius 3 is 2.25 bits per heavy atom. The maximum atomic E-state index is 14.3. The SMILES string of the molecule is CC[C@H]1OC(=O)[C@H](C)[C@@H](O[C@H]2C[C@@](C)(OC)C(C(=O)NCCN)[C@H](C)O2)[C@H](C)[C@@H](OC2O[C@H](C)C[C@H](N(C)C)[C@H]2O)[C@](C)(O)C[C@@H](C)[C@@H]2OC1(C)C(=O)[C@H]2C. The van der Waals surface area contributed by atoms with Gasteiger partial charge in [-0.1, -0.05) is 27.7 Å². The molecule has 0 aromatic carbocycles. The minimum Gasteiger partial charge on any atom is -0.459 e. The van der Waals surface area contributed by atoms with E-state index in [9.17, 15) is 24.6 Å². The fourth-order valence-corrected chi connectivity index (χ4v) is 9.83. The van der Waals surface area contributed by atoms with E-state index in [1.165, 1.54) is 7.11 Å². The zero-order chi connectivity index (χ0) is 41.4. The lowest BCUT2D eigenvalue weighted by Crippen LogP contribution is -2.61. The van der Waals surface area contributed by atoms with Crippen LogP contribution in [0.4, 0.5) is 0 Å². The molecule has 15 heteroatoms. The first-order chi connectivity index (χ1) is 25.6. The van der Waals surface area contributed by atoms with Gasteiger partial charge in [0.1, 0.15) is 12.2 Å². The number of cyclic esters (lactones) is 1. The average molecular weight is 786 g/mol. The molecular formula is C40H71N3O12. The van der Waals surface area contributed by atoms with Crippen molar-refractivity contribution in [1.82, 2.24) is 10.2 Å². The van der Waals surface area contributed by atoms with Crippen molar-refractivity contribution in [3.8, 4) is 0 Å². The number of aliphatic hydroxyl groups excluding tert-OH is 1. The number of ketones is 1. The summed E-state index contributed by atoms with van der Waals surface area (Å²) in [6.45, 7) is 18.5. The van der Waals surface area contributed by atoms with Crippen LogP contribution in [-0.4, -0.2) is 145 Å². The third-order valence-electron chi connectivity index (χ3n) is 12.9. The van der Waals surface area contributed by atoms with Gasteiger partial charge in [0.15, 0.2) is 24.0 Å². The van der Waals surface area contributed by atoms with Crippen LogP contribution in [0.5, 0.6) is 0 Å². The summed E-state index contributed by atoms with van der Waals surface area (Å²) in [6, 6.07) is -0.287. The molecule has 0 aromatic heterocycles. The van der Waals surface area contributed by atoms with E-state index in [4.69, 9.17) is 38.9 Å². The van der Waals surface area contributed by atoms with Crippen LogP contribution in [0.3, 0.4) is 0 Å². The Labute approximate surface area is 327 Å². The molecule has 15 nitrogen and oxygen atoms in total. The Bertz CT molecular complexity index is 1340. The quantitative estimate of drug-likeness (QED) is 0.235. The van der Waals surface area contributed by atoms with Gasteiger partial charge >= 0.3 is 5.97 Å². The highest BCUT2D eigenvalue weighted by Gasteiger charge is 2.59. The first kappa shape index (κ1) is 45.9. The number of hydrogen-bond acceptors (Lipinski definition) is 14. The monoisotopic (exact) mass is 786 g/mol. The van der Waals surface area contributed by atoms with Crippen molar-refractivity contribution in [3.63, 3.8) is 0 Å². The maximum absolute atomic E-state index is 14.3. The molecule has 2 bridgehead atoms. The molecule has 0 spiro atoms. The fourth-order valence-electron chi connectivity index (χ4n) is 9.83. The number of nitrogens with zero attached hydrogens (tertiary/aromatic N) is 1. The number of esters is 1. The molecule has 18 atom stereocenters. The van der Waals surface area contributed by atoms with Gasteiger partial charge in [-0.3, -0.25) is 14.4 Å². The van der Waals surface area contributed by atoms with Crippen molar-refractivity contribution in [2.24, 2.45) is 35.3 Å². The smallest absolute Gasteiger partial charge is 0.311 e. The first-order valence-corrected chi connectivity index (χ1v) is 20.2. The number of hydrogen-bond donors (Lipinski definition) is 4. The van der Waals surface area contributed by atoms with Crippen molar-refractivity contribution in [2.75, 3.05) is 34.3 Å². The minimum atomic E-state index is -1.63.